The van der Waals surface area contributed by atoms with Crippen LogP contribution in [-0.4, -0.2) is 65.7 Å². The summed E-state index contributed by atoms with van der Waals surface area (Å²) in [5.41, 5.74) is 5.86. The van der Waals surface area contributed by atoms with Crippen molar-refractivity contribution in [1.82, 2.24) is 19.5 Å². The van der Waals surface area contributed by atoms with E-state index in [2.05, 4.69) is 15.0 Å². The van der Waals surface area contributed by atoms with Gasteiger partial charge in [0.15, 0.2) is 17.4 Å². The van der Waals surface area contributed by atoms with Crippen LogP contribution >= 0.6 is 0 Å². The van der Waals surface area contributed by atoms with Crippen molar-refractivity contribution in [3.05, 3.63) is 6.33 Å². The Labute approximate surface area is 155 Å². The van der Waals surface area contributed by atoms with Crippen LogP contribution in [0.15, 0.2) is 6.33 Å². The summed E-state index contributed by atoms with van der Waals surface area (Å²) in [4.78, 5) is 12.7. The molecule has 0 radical (unpaired) electrons. The number of nitrogens with zero attached hydrogens (tertiary/aromatic N) is 4. The van der Waals surface area contributed by atoms with E-state index in [1.54, 1.807) is 10.9 Å². The maximum absolute atomic E-state index is 11.4. The maximum atomic E-state index is 11.4. The lowest BCUT2D eigenvalue weighted by molar-refractivity contribution is -0.180. The van der Waals surface area contributed by atoms with E-state index in [0.717, 1.165) is 6.26 Å². The Morgan fingerprint density at radius 1 is 1.44 bits per heavy atom. The van der Waals surface area contributed by atoms with Crippen LogP contribution in [0.1, 0.15) is 20.1 Å². The van der Waals surface area contributed by atoms with Crippen LogP contribution in [0.4, 0.5) is 5.95 Å². The molecule has 2 aliphatic rings. The zero-order chi connectivity index (χ0) is 19.4. The number of nitrogens with two attached hydrogens (primary N) is 1. The maximum Gasteiger partial charge on any atom is 0.264 e. The molecule has 27 heavy (non-hydrogen) atoms. The van der Waals surface area contributed by atoms with E-state index < -0.39 is 21.9 Å². The van der Waals surface area contributed by atoms with Crippen LogP contribution in [0.2, 0.25) is 0 Å². The molecule has 2 N–H and O–H groups in total. The summed E-state index contributed by atoms with van der Waals surface area (Å²) in [6, 6.07) is 0. The second-order valence-electron chi connectivity index (χ2n) is 6.75. The van der Waals surface area contributed by atoms with Gasteiger partial charge in [0.2, 0.25) is 11.8 Å². The summed E-state index contributed by atoms with van der Waals surface area (Å²) in [5, 5.41) is 0. The van der Waals surface area contributed by atoms with Crippen LogP contribution < -0.4 is 10.5 Å². The highest BCUT2D eigenvalue weighted by Crippen LogP contribution is 2.49. The van der Waals surface area contributed by atoms with E-state index in [1.807, 2.05) is 13.8 Å². The number of hydrogen-bond donors (Lipinski definition) is 1. The summed E-state index contributed by atoms with van der Waals surface area (Å²) in [5.74, 6) is 0.262. The van der Waals surface area contributed by atoms with E-state index in [1.165, 1.54) is 0 Å². The number of imidazole rings is 1. The quantitative estimate of drug-likeness (QED) is 0.664. The highest BCUT2D eigenvalue weighted by atomic mass is 32.2. The van der Waals surface area contributed by atoms with Crippen molar-refractivity contribution in [2.45, 2.75) is 31.8 Å². The summed E-state index contributed by atoms with van der Waals surface area (Å²) in [6.07, 6.45) is 1.71. The van der Waals surface area contributed by atoms with Crippen LogP contribution in [0.5, 0.6) is 5.88 Å². The molecule has 0 spiro atoms. The molecule has 2 aromatic rings. The summed E-state index contributed by atoms with van der Waals surface area (Å²) >= 11 is 0. The van der Waals surface area contributed by atoms with Crippen molar-refractivity contribution >= 4 is 27.2 Å². The minimum absolute atomic E-state index is 0.0555. The second kappa shape index (κ2) is 6.26. The molecular weight excluding hydrogens is 378 g/mol. The Balaban J connectivity index is 1.69. The molecule has 2 bridgehead atoms. The summed E-state index contributed by atoms with van der Waals surface area (Å²) in [6.45, 7) is 4.32. The molecule has 2 aromatic heterocycles. The zero-order valence-corrected chi connectivity index (χ0v) is 16.0. The average Bonchev–Trinajstić information content (AvgIpc) is 3.23. The van der Waals surface area contributed by atoms with Crippen molar-refractivity contribution < 1.29 is 26.8 Å². The fourth-order valence-electron chi connectivity index (χ4n) is 3.55. The molecule has 2 saturated heterocycles. The predicted molar refractivity (Wildman–Crippen MR) is 93.5 cm³/mol. The van der Waals surface area contributed by atoms with Gasteiger partial charge in [-0.15, -0.1) is 0 Å². The summed E-state index contributed by atoms with van der Waals surface area (Å²) in [7, 11) is -3.60. The van der Waals surface area contributed by atoms with Gasteiger partial charge in [-0.1, -0.05) is 6.92 Å². The number of anilines is 1. The Hall–Kier alpha value is -2.02. The van der Waals surface area contributed by atoms with Crippen LogP contribution in [0.25, 0.3) is 11.2 Å². The molecule has 148 valence electrons. The molecule has 4 rings (SSSR count). The normalized spacial score (nSPS) is 30.3. The molecule has 4 heterocycles. The van der Waals surface area contributed by atoms with Crippen molar-refractivity contribution in [2.75, 3.05) is 31.8 Å². The first kappa shape index (κ1) is 18.3. The SMILES string of the molecule is CCOc1nc(N)nc2c1ncn2[C@@H]1O[C@@]2(COS(C)(=O)=O)CO[C@@H]1[C@@H]2C. The van der Waals surface area contributed by atoms with E-state index >= 15 is 0 Å². The number of aromatic nitrogens is 4. The lowest BCUT2D eigenvalue weighted by Crippen LogP contribution is -2.42. The van der Waals surface area contributed by atoms with E-state index in [4.69, 9.17) is 24.1 Å². The minimum Gasteiger partial charge on any atom is -0.476 e. The number of fused-ring (bicyclic) bond motifs is 3. The first-order valence-electron chi connectivity index (χ1n) is 8.51. The number of ether oxygens (including phenoxy) is 3. The van der Waals surface area contributed by atoms with Crippen molar-refractivity contribution in [2.24, 2.45) is 5.92 Å². The highest BCUT2D eigenvalue weighted by molar-refractivity contribution is 7.85. The van der Waals surface area contributed by atoms with Gasteiger partial charge in [-0.2, -0.15) is 18.4 Å². The van der Waals surface area contributed by atoms with Gasteiger partial charge in [-0.3, -0.25) is 8.75 Å². The minimum atomic E-state index is -3.60. The molecule has 2 fully saturated rings. The molecule has 0 saturated carbocycles. The van der Waals surface area contributed by atoms with Crippen LogP contribution in [0, 0.1) is 5.92 Å². The van der Waals surface area contributed by atoms with E-state index in [9.17, 15) is 8.42 Å². The number of rotatable bonds is 6. The van der Waals surface area contributed by atoms with Gasteiger partial charge in [-0.05, 0) is 6.92 Å². The van der Waals surface area contributed by atoms with Crippen molar-refractivity contribution in [3.8, 4) is 5.88 Å². The first-order chi connectivity index (χ1) is 12.7. The second-order valence-corrected chi connectivity index (χ2v) is 8.39. The highest BCUT2D eigenvalue weighted by Gasteiger charge is 2.60. The van der Waals surface area contributed by atoms with Gasteiger partial charge in [0.1, 0.15) is 11.7 Å². The van der Waals surface area contributed by atoms with Gasteiger partial charge < -0.3 is 19.9 Å². The molecule has 4 atom stereocenters. The molecule has 0 aliphatic carbocycles. The van der Waals surface area contributed by atoms with Gasteiger partial charge in [0, 0.05) is 5.92 Å². The predicted octanol–water partition coefficient (Wildman–Crippen LogP) is 0.0859. The van der Waals surface area contributed by atoms with Crippen molar-refractivity contribution in [1.29, 1.82) is 0 Å². The first-order valence-corrected chi connectivity index (χ1v) is 10.3. The van der Waals surface area contributed by atoms with E-state index in [0.29, 0.717) is 23.7 Å². The fourth-order valence-corrected chi connectivity index (χ4v) is 3.96. The Morgan fingerprint density at radius 3 is 2.93 bits per heavy atom. The molecule has 11 nitrogen and oxygen atoms in total. The van der Waals surface area contributed by atoms with Gasteiger partial charge in [0.05, 0.1) is 32.4 Å². The summed E-state index contributed by atoms with van der Waals surface area (Å²) < 4.78 is 47.1. The van der Waals surface area contributed by atoms with Crippen LogP contribution in [-0.2, 0) is 23.8 Å². The lowest BCUT2D eigenvalue weighted by Gasteiger charge is -2.31. The van der Waals surface area contributed by atoms with E-state index in [-0.39, 0.29) is 31.2 Å². The Kier molecular flexibility index (Phi) is 4.25. The van der Waals surface area contributed by atoms with Gasteiger partial charge in [0.25, 0.3) is 10.1 Å². The smallest absolute Gasteiger partial charge is 0.264 e. The molecule has 2 aliphatic heterocycles. The topological polar surface area (TPSA) is 141 Å². The Morgan fingerprint density at radius 2 is 2.22 bits per heavy atom. The lowest BCUT2D eigenvalue weighted by atomic mass is 9.91. The van der Waals surface area contributed by atoms with Gasteiger partial charge >= 0.3 is 0 Å². The third-order valence-corrected chi connectivity index (χ3v) is 5.50. The third-order valence-electron chi connectivity index (χ3n) is 4.96. The number of nitrogen functional groups attached to an aromatic ring is 1. The van der Waals surface area contributed by atoms with Crippen LogP contribution in [0.3, 0.4) is 0 Å². The molecule has 0 amide bonds. The average molecular weight is 399 g/mol. The third kappa shape index (κ3) is 3.02. The molecular formula is C15H21N5O6S. The molecule has 0 unspecified atom stereocenters. The largest absolute Gasteiger partial charge is 0.476 e. The van der Waals surface area contributed by atoms with Gasteiger partial charge in [-0.25, -0.2) is 4.98 Å². The monoisotopic (exact) mass is 399 g/mol. The standard InChI is InChI=1S/C15H21N5O6S/c1-4-23-12-9-11(18-14(16)19-12)20(7-17-9)13-10-8(2)15(26-13,5-24-10)6-25-27(3,21)22/h7-8,10,13H,4-6H2,1-3H3,(H2,16,18,19)/t8-,10+,13+,15+/m0/s1. The van der Waals surface area contributed by atoms with Crippen molar-refractivity contribution in [3.63, 3.8) is 0 Å². The Bertz CT molecular complexity index is 978. The zero-order valence-electron chi connectivity index (χ0n) is 15.2. The molecule has 12 heteroatoms. The number of hydrogen-bond acceptors (Lipinski definition) is 10. The fraction of sp³-hybridized carbons (Fsp3) is 0.667. The molecule has 0 aromatic carbocycles.